The average Bonchev–Trinajstić information content (AvgIpc) is 2.46. The molecule has 0 heterocycles. The van der Waals surface area contributed by atoms with E-state index in [0.717, 1.165) is 0 Å². The number of benzene rings is 2. The average molecular weight is 320 g/mol. The van der Waals surface area contributed by atoms with Gasteiger partial charge in [-0.3, -0.25) is 0 Å². The lowest BCUT2D eigenvalue weighted by Crippen LogP contribution is -2.09. The molecular weight excluding hydrogens is 306 g/mol. The molecule has 2 rings (SSSR count). The zero-order valence-corrected chi connectivity index (χ0v) is 13.0. The summed E-state index contributed by atoms with van der Waals surface area (Å²) in [5, 5.41) is 0.430. The molecule has 0 N–H and O–H groups in total. The number of hydrogen-bond acceptors (Lipinski definition) is 2. The maximum Gasteiger partial charge on any atom is 0.247 e. The zero-order chi connectivity index (χ0) is 15.5. The van der Waals surface area contributed by atoms with E-state index in [4.69, 9.17) is 18.2 Å². The van der Waals surface area contributed by atoms with Crippen LogP contribution in [-0.4, -0.2) is 8.42 Å². The van der Waals surface area contributed by atoms with Crippen molar-refractivity contribution in [3.63, 3.8) is 0 Å². The summed E-state index contributed by atoms with van der Waals surface area (Å²) in [5.74, 6) is -0.0901. The van der Waals surface area contributed by atoms with Gasteiger partial charge in [0.05, 0.1) is 16.2 Å². The summed E-state index contributed by atoms with van der Waals surface area (Å²) >= 11 is 5.93. The van der Waals surface area contributed by atoms with Gasteiger partial charge in [-0.2, -0.15) is 0 Å². The number of hydrogen-bond donors (Lipinski definition) is 0. The summed E-state index contributed by atoms with van der Waals surface area (Å²) in [5.41, 5.74) is 1.17. The Hall–Kier alpha value is -1.83. The van der Waals surface area contributed by atoms with E-state index in [2.05, 4.69) is 4.85 Å². The molecule has 21 heavy (non-hydrogen) atoms. The summed E-state index contributed by atoms with van der Waals surface area (Å²) in [6, 6.07) is 13.0. The minimum atomic E-state index is -3.52. The third kappa shape index (κ3) is 3.63. The molecule has 1 atom stereocenters. The molecule has 0 saturated carbocycles. The molecule has 0 bridgehead atoms. The lowest BCUT2D eigenvalue weighted by molar-refractivity contribution is 0.593. The maximum atomic E-state index is 12.6. The van der Waals surface area contributed by atoms with Crippen molar-refractivity contribution < 1.29 is 8.42 Å². The second-order valence-electron chi connectivity index (χ2n) is 4.73. The Bertz CT molecular complexity index is 780. The number of rotatable bonds is 4. The van der Waals surface area contributed by atoms with E-state index in [-0.39, 0.29) is 10.6 Å². The van der Waals surface area contributed by atoms with Crippen LogP contribution in [0, 0.1) is 6.57 Å². The molecule has 0 amide bonds. The van der Waals surface area contributed by atoms with Crippen LogP contribution in [0.2, 0.25) is 5.02 Å². The smallest absolute Gasteiger partial charge is 0.247 e. The van der Waals surface area contributed by atoms with Gasteiger partial charge in [0.2, 0.25) is 6.04 Å². The maximum absolute atomic E-state index is 12.6. The molecule has 0 aromatic heterocycles. The van der Waals surface area contributed by atoms with Gasteiger partial charge >= 0.3 is 0 Å². The summed E-state index contributed by atoms with van der Waals surface area (Å²) in [7, 11) is -3.52. The van der Waals surface area contributed by atoms with E-state index >= 15 is 0 Å². The molecular formula is C16H14ClNO2S. The fraction of sp³-hybridized carbons (Fsp3) is 0.188. The van der Waals surface area contributed by atoms with E-state index in [1.165, 1.54) is 6.07 Å². The predicted molar refractivity (Wildman–Crippen MR) is 83.8 cm³/mol. The van der Waals surface area contributed by atoms with Gasteiger partial charge in [0.25, 0.3) is 0 Å². The van der Waals surface area contributed by atoms with Crippen molar-refractivity contribution in [2.75, 3.05) is 0 Å². The van der Waals surface area contributed by atoms with Crippen LogP contribution in [-0.2, 0) is 15.6 Å². The van der Waals surface area contributed by atoms with Crippen LogP contribution >= 0.6 is 11.6 Å². The van der Waals surface area contributed by atoms with Crippen LogP contribution < -0.4 is 0 Å². The quantitative estimate of drug-likeness (QED) is 0.788. The van der Waals surface area contributed by atoms with Crippen molar-refractivity contribution >= 4 is 21.4 Å². The summed E-state index contributed by atoms with van der Waals surface area (Å²) in [4.78, 5) is 3.59. The van der Waals surface area contributed by atoms with E-state index in [1.54, 1.807) is 43.3 Å². The van der Waals surface area contributed by atoms with Gasteiger partial charge in [-0.25, -0.2) is 15.0 Å². The Balaban J connectivity index is 2.48. The minimum Gasteiger partial charge on any atom is -0.309 e. The third-order valence-electron chi connectivity index (χ3n) is 3.15. The topological polar surface area (TPSA) is 38.5 Å². The summed E-state index contributed by atoms with van der Waals surface area (Å²) < 4.78 is 25.2. The van der Waals surface area contributed by atoms with Crippen molar-refractivity contribution in [1.29, 1.82) is 0 Å². The third-order valence-corrected chi connectivity index (χ3v) is 5.14. The van der Waals surface area contributed by atoms with Gasteiger partial charge in [-0.05, 0) is 23.8 Å². The first kappa shape index (κ1) is 15.6. The molecule has 1 unspecified atom stereocenters. The van der Waals surface area contributed by atoms with Crippen LogP contribution in [0.4, 0.5) is 0 Å². The molecule has 0 aliphatic carbocycles. The van der Waals surface area contributed by atoms with Crippen molar-refractivity contribution in [2.45, 2.75) is 23.6 Å². The first-order chi connectivity index (χ1) is 9.94. The lowest BCUT2D eigenvalue weighted by atomic mass is 10.1. The Labute approximate surface area is 129 Å². The monoisotopic (exact) mass is 319 g/mol. The molecule has 2 aromatic rings. The number of halogens is 1. The fourth-order valence-electron chi connectivity index (χ4n) is 2.07. The molecule has 108 valence electrons. The van der Waals surface area contributed by atoms with Crippen molar-refractivity contribution in [3.05, 3.63) is 76.1 Å². The second kappa shape index (κ2) is 6.30. The first-order valence-electron chi connectivity index (χ1n) is 6.37. The van der Waals surface area contributed by atoms with Gasteiger partial charge in [0.1, 0.15) is 0 Å². The Morgan fingerprint density at radius 1 is 1.19 bits per heavy atom. The molecule has 0 saturated heterocycles. The van der Waals surface area contributed by atoms with Gasteiger partial charge in [0.15, 0.2) is 9.84 Å². The second-order valence-corrected chi connectivity index (χ2v) is 7.13. The molecule has 2 aromatic carbocycles. The first-order valence-corrected chi connectivity index (χ1v) is 8.40. The minimum absolute atomic E-state index is 0.0901. The molecule has 0 radical (unpaired) electrons. The van der Waals surface area contributed by atoms with E-state index < -0.39 is 15.9 Å². The fourth-order valence-corrected chi connectivity index (χ4v) is 3.90. The highest BCUT2D eigenvalue weighted by Crippen LogP contribution is 2.30. The summed E-state index contributed by atoms with van der Waals surface area (Å²) in [6.45, 7) is 8.79. The van der Waals surface area contributed by atoms with Gasteiger partial charge in [0, 0.05) is 11.9 Å². The standard InChI is InChI=1S/C16H14ClNO2S/c1-12(18-2)15-10-14(17)8-9-16(15)21(19,20)11-13-6-4-3-5-7-13/h3-10,12H,11H2,1H3. The van der Waals surface area contributed by atoms with Gasteiger partial charge < -0.3 is 4.85 Å². The molecule has 3 nitrogen and oxygen atoms in total. The Kier molecular flexibility index (Phi) is 4.66. The van der Waals surface area contributed by atoms with Crippen LogP contribution in [0.3, 0.4) is 0 Å². The lowest BCUT2D eigenvalue weighted by Gasteiger charge is -2.10. The highest BCUT2D eigenvalue weighted by Gasteiger charge is 2.24. The van der Waals surface area contributed by atoms with Crippen molar-refractivity contribution in [1.82, 2.24) is 0 Å². The van der Waals surface area contributed by atoms with Crippen LogP contribution in [0.1, 0.15) is 24.1 Å². The highest BCUT2D eigenvalue weighted by atomic mass is 35.5. The molecule has 0 aliphatic rings. The highest BCUT2D eigenvalue weighted by molar-refractivity contribution is 7.90. The van der Waals surface area contributed by atoms with Crippen molar-refractivity contribution in [2.24, 2.45) is 0 Å². The largest absolute Gasteiger partial charge is 0.309 e. The van der Waals surface area contributed by atoms with E-state index in [9.17, 15) is 8.42 Å². The van der Waals surface area contributed by atoms with Crippen LogP contribution in [0.25, 0.3) is 4.85 Å². The SMILES string of the molecule is [C-]#[N+]C(C)c1cc(Cl)ccc1S(=O)(=O)Cc1ccccc1. The van der Waals surface area contributed by atoms with Gasteiger partial charge in [-0.1, -0.05) is 41.9 Å². The summed E-state index contributed by atoms with van der Waals surface area (Å²) in [6.07, 6.45) is 0. The Morgan fingerprint density at radius 2 is 1.86 bits per heavy atom. The van der Waals surface area contributed by atoms with Crippen molar-refractivity contribution in [3.8, 4) is 0 Å². The van der Waals surface area contributed by atoms with Gasteiger partial charge in [-0.15, -0.1) is 0 Å². The van der Waals surface area contributed by atoms with Crippen LogP contribution in [0.5, 0.6) is 0 Å². The van der Waals surface area contributed by atoms with E-state index in [1.807, 2.05) is 6.07 Å². The Morgan fingerprint density at radius 3 is 2.48 bits per heavy atom. The molecule has 0 spiro atoms. The zero-order valence-electron chi connectivity index (χ0n) is 11.5. The molecule has 0 fully saturated rings. The molecule has 5 heteroatoms. The number of nitrogens with zero attached hydrogens (tertiary/aromatic N) is 1. The number of sulfone groups is 1. The molecule has 0 aliphatic heterocycles. The predicted octanol–water partition coefficient (Wildman–Crippen LogP) is 4.29. The van der Waals surface area contributed by atoms with Crippen LogP contribution in [0.15, 0.2) is 53.4 Å². The normalized spacial score (nSPS) is 12.6. The van der Waals surface area contributed by atoms with E-state index in [0.29, 0.717) is 16.1 Å².